The summed E-state index contributed by atoms with van der Waals surface area (Å²) in [7, 11) is 0. The van der Waals surface area contributed by atoms with Crippen molar-refractivity contribution in [2.45, 2.75) is 107 Å². The highest BCUT2D eigenvalue weighted by Crippen LogP contribution is 2.30. The number of hydrogen-bond acceptors (Lipinski definition) is 15. The van der Waals surface area contributed by atoms with Crippen LogP contribution in [0.3, 0.4) is 0 Å². The maximum atomic E-state index is 12.7. The number of aromatic carboxylic acids is 1. The van der Waals surface area contributed by atoms with E-state index in [0.717, 1.165) is 34.2 Å². The number of fused-ring (bicyclic) bond motifs is 3. The topological polar surface area (TPSA) is 292 Å². The smallest absolute Gasteiger partial charge is 0.416 e. The number of aryl methyl sites for hydroxylation is 4. The average molecular weight is 1320 g/mol. The molecule has 10 aromatic rings. The Labute approximate surface area is 554 Å². The summed E-state index contributed by atoms with van der Waals surface area (Å²) in [5.74, 6) is -2.87. The molecule has 1 amide bonds. The van der Waals surface area contributed by atoms with Gasteiger partial charge in [-0.2, -0.15) is 26.3 Å². The largest absolute Gasteiger partial charge is 0.477 e. The number of aromatic nitrogens is 8. The minimum atomic E-state index is -4.43. The predicted molar refractivity (Wildman–Crippen MR) is 343 cm³/mol. The van der Waals surface area contributed by atoms with E-state index in [0.29, 0.717) is 33.8 Å². The van der Waals surface area contributed by atoms with Gasteiger partial charge in [-0.1, -0.05) is 54.5 Å². The van der Waals surface area contributed by atoms with Crippen molar-refractivity contribution in [3.8, 4) is 0 Å². The standard InChI is InChI=1S/C18H16F3N3O.C12H14N2O2.C10H10N2O2.C8H8F3N.C6H9ClO3.2C6H8N2/c1-11-3-8-15-23-12(2)16(24(15)10-11)17(25)22-9-13-4-6-14(7-5-13)18(19,20)21;1-4-16-12(15)11-9(3)13-10-6-5-8(2)7-14(10)11;1-6-3-4-8-11-7(2)9(10(13)14)12(8)5-6;9-8(10,11)7-3-1-6(5-12)2-4-7;1-3-10-6(9)5(7)4(2)8;2*1-5-2-3-6(7)8-4-5/h3-8,10H,9H2,1-2H3,(H,22,25);5-7H,4H2,1-3H3;3-5H,1-2H3,(H,13,14);1-4H,5,12H2;5H,3H2,1-2H3;2*2-4H,1H3,(H2,7,8)/i3D,8D,10D;5D,6D,7D;3D,4D,5D;;;2D,3D,4D;. The maximum Gasteiger partial charge on any atom is 0.416 e. The molecular formula is C66H73ClF6N12O8. The van der Waals surface area contributed by atoms with Crippen molar-refractivity contribution in [1.82, 2.24) is 43.4 Å². The molecule has 494 valence electrons. The van der Waals surface area contributed by atoms with Crippen LogP contribution >= 0.6 is 11.6 Å². The Morgan fingerprint density at radius 1 is 0.581 bits per heavy atom. The molecule has 0 bridgehead atoms. The number of alkyl halides is 7. The number of esters is 2. The summed E-state index contributed by atoms with van der Waals surface area (Å²) in [4.78, 5) is 76.4. The lowest BCUT2D eigenvalue weighted by molar-refractivity contribution is -0.145. The molecule has 0 radical (unpaired) electrons. The molecule has 0 aliphatic carbocycles. The number of halogens is 7. The number of carbonyl (C=O) groups excluding carboxylic acids is 4. The first-order valence-electron chi connectivity index (χ1n) is 33.5. The Balaban J connectivity index is 0.000000270. The Bertz CT molecular complexity index is 4810. The van der Waals surface area contributed by atoms with Gasteiger partial charge < -0.3 is 37.1 Å². The van der Waals surface area contributed by atoms with Crippen LogP contribution < -0.4 is 22.5 Å². The number of hydrogen-bond donors (Lipinski definition) is 5. The van der Waals surface area contributed by atoms with E-state index < -0.39 is 52.7 Å². The quantitative estimate of drug-likeness (QED) is 0.0368. The predicted octanol–water partition coefficient (Wildman–Crippen LogP) is 12.5. The normalized spacial score (nSPS) is 12.8. The summed E-state index contributed by atoms with van der Waals surface area (Å²) in [5.41, 5.74) is 19.2. The van der Waals surface area contributed by atoms with E-state index in [9.17, 15) is 50.3 Å². The molecule has 8 heterocycles. The van der Waals surface area contributed by atoms with E-state index in [2.05, 4.69) is 35.0 Å². The number of ketones is 1. The number of ether oxygens (including phenoxy) is 2. The van der Waals surface area contributed by atoms with E-state index in [-0.39, 0.29) is 167 Å². The zero-order valence-corrected chi connectivity index (χ0v) is 52.8. The first kappa shape index (κ1) is 57.9. The van der Waals surface area contributed by atoms with Gasteiger partial charge in [-0.25, -0.2) is 39.3 Å². The molecular weight excluding hydrogens is 1240 g/mol. The van der Waals surface area contributed by atoms with Gasteiger partial charge in [0, 0.05) is 44.0 Å². The monoisotopic (exact) mass is 1320 g/mol. The number of pyridine rings is 5. The second kappa shape index (κ2) is 34.8. The van der Waals surface area contributed by atoms with Crippen molar-refractivity contribution >= 4 is 69.8 Å². The van der Waals surface area contributed by atoms with Gasteiger partial charge in [0.05, 0.1) is 57.9 Å². The van der Waals surface area contributed by atoms with Crippen molar-refractivity contribution in [3.63, 3.8) is 0 Å². The Hall–Kier alpha value is -10.2. The average Bonchev–Trinajstić information content (AvgIpc) is 1.63. The third-order valence-corrected chi connectivity index (χ3v) is 12.2. The third-order valence-electron chi connectivity index (χ3n) is 11.7. The van der Waals surface area contributed by atoms with E-state index in [1.54, 1.807) is 53.8 Å². The fraction of sp³-hybridized carbons (Fsp3) is 0.273. The number of amides is 1. The van der Waals surface area contributed by atoms with E-state index >= 15 is 0 Å². The van der Waals surface area contributed by atoms with Crippen LogP contribution in [0, 0.1) is 55.4 Å². The van der Waals surface area contributed by atoms with Crippen molar-refractivity contribution in [1.29, 1.82) is 0 Å². The highest BCUT2D eigenvalue weighted by Gasteiger charge is 2.31. The molecule has 20 nitrogen and oxygen atoms in total. The van der Waals surface area contributed by atoms with Crippen LogP contribution in [-0.4, -0.2) is 91.4 Å². The number of carbonyl (C=O) groups is 5. The highest BCUT2D eigenvalue weighted by molar-refractivity contribution is 6.40. The van der Waals surface area contributed by atoms with Gasteiger partial charge in [-0.05, 0) is 170 Å². The van der Waals surface area contributed by atoms with E-state index in [1.807, 2.05) is 13.0 Å². The molecule has 0 aliphatic heterocycles. The fourth-order valence-electron chi connectivity index (χ4n) is 7.28. The molecule has 0 saturated carbocycles. The van der Waals surface area contributed by atoms with Gasteiger partial charge >= 0.3 is 30.3 Å². The number of carboxylic acids is 1. The van der Waals surface area contributed by atoms with Gasteiger partial charge in [-0.3, -0.25) is 22.8 Å². The van der Waals surface area contributed by atoms with Crippen LogP contribution in [0.1, 0.15) is 136 Å². The first-order valence-corrected chi connectivity index (χ1v) is 27.9. The number of carboxylic acid groups (broad SMARTS) is 1. The Kier molecular flexibility index (Phi) is 21.7. The number of rotatable bonds is 10. The van der Waals surface area contributed by atoms with Crippen molar-refractivity contribution in [2.24, 2.45) is 5.73 Å². The van der Waals surface area contributed by atoms with Crippen LogP contribution in [0.5, 0.6) is 0 Å². The van der Waals surface area contributed by atoms with Gasteiger partial charge in [0.1, 0.15) is 34.3 Å². The number of nitrogens with two attached hydrogens (primary N) is 3. The fourth-order valence-corrected chi connectivity index (χ4v) is 7.35. The minimum Gasteiger partial charge on any atom is -0.477 e. The Morgan fingerprint density at radius 2 is 1.01 bits per heavy atom. The number of imidazole rings is 3. The number of nitrogens with zero attached hydrogens (tertiary/aromatic N) is 8. The molecule has 0 saturated heterocycles. The van der Waals surface area contributed by atoms with Gasteiger partial charge in [0.2, 0.25) is 0 Å². The first-order chi connectivity index (χ1) is 48.7. The number of Topliss-reactive ketones (excluding diaryl/α,β-unsaturated/α-hetero) is 1. The minimum absolute atomic E-state index is 0.0116. The van der Waals surface area contributed by atoms with Crippen LogP contribution in [0.15, 0.2) is 140 Å². The van der Waals surface area contributed by atoms with Gasteiger partial charge in [-0.15, -0.1) is 11.6 Å². The molecule has 0 spiro atoms. The number of nitrogen functional groups attached to an aromatic ring is 2. The second-order valence-electron chi connectivity index (χ2n) is 19.3. The Morgan fingerprint density at radius 3 is 1.42 bits per heavy atom. The molecule has 27 heteroatoms. The molecule has 93 heavy (non-hydrogen) atoms. The molecule has 8 aromatic heterocycles. The zero-order valence-electron chi connectivity index (χ0n) is 64.0. The summed E-state index contributed by atoms with van der Waals surface area (Å²) in [5, 5.41) is 10.5. The van der Waals surface area contributed by atoms with Crippen LogP contribution in [0.25, 0.3) is 16.9 Å². The summed E-state index contributed by atoms with van der Waals surface area (Å²) in [6.07, 6.45) is -7.20. The summed E-state index contributed by atoms with van der Waals surface area (Å²) < 4.78 is 179. The van der Waals surface area contributed by atoms with E-state index in [4.69, 9.17) is 55.1 Å². The SMILES string of the molecule is CCOC(=O)C(Cl)C(C)=O.Cc1ccc(N)nc1.NCc1ccc(C(F)(F)F)cc1.[2H]c1c(C)c([2H])n2c(C(=O)NCc3ccc(C(F)(F)F)cc3)c(C)nc2c1[2H].[2H]c1c(C)c([2H])n2c(C(=O)O)c(C)nc2c1[2H].[2H]c1c(C)c([2H])n2c(C(=O)OCC)c(C)nc2c1[2H].[2H]c1nc(N)c([2H])c([2H])c1C. The molecule has 2 aromatic carbocycles. The molecule has 1 unspecified atom stereocenters. The van der Waals surface area contributed by atoms with Gasteiger partial charge in [0.25, 0.3) is 5.91 Å². The highest BCUT2D eigenvalue weighted by atomic mass is 35.5. The van der Waals surface area contributed by atoms with Crippen molar-refractivity contribution in [3.05, 3.63) is 224 Å². The summed E-state index contributed by atoms with van der Waals surface area (Å²) >= 11 is 5.32. The van der Waals surface area contributed by atoms with Gasteiger partial charge in [0.15, 0.2) is 22.5 Å². The third kappa shape index (κ3) is 23.2. The van der Waals surface area contributed by atoms with E-state index in [1.165, 1.54) is 60.8 Å². The number of nitrogens with one attached hydrogen (secondary N) is 1. The summed E-state index contributed by atoms with van der Waals surface area (Å²) in [6, 6.07) is 12.2. The lowest BCUT2D eigenvalue weighted by Crippen LogP contribution is -2.25. The van der Waals surface area contributed by atoms with Crippen molar-refractivity contribution < 1.29 is 81.3 Å². The molecule has 0 aliphatic rings. The molecule has 10 rings (SSSR count). The lowest BCUT2D eigenvalue weighted by atomic mass is 10.1. The lowest BCUT2D eigenvalue weighted by Gasteiger charge is -2.09. The molecule has 1 atom stereocenters. The second-order valence-corrected chi connectivity index (χ2v) is 19.8. The zero-order chi connectivity index (χ0) is 79.9. The molecule has 0 fully saturated rings. The van der Waals surface area contributed by atoms with Crippen molar-refractivity contribution in [2.75, 3.05) is 24.7 Å². The number of benzene rings is 2. The van der Waals surface area contributed by atoms with Crippen LogP contribution in [0.4, 0.5) is 38.0 Å². The number of anilines is 2. The van der Waals surface area contributed by atoms with Crippen LogP contribution in [0.2, 0.25) is 0 Å². The molecule has 8 N–H and O–H groups in total. The van der Waals surface area contributed by atoms with Crippen LogP contribution in [-0.2, 0) is 44.5 Å². The maximum absolute atomic E-state index is 12.7. The summed E-state index contributed by atoms with van der Waals surface area (Å²) in [6.45, 7) is 18.2.